The number of hydrogen-bond donors (Lipinski definition) is 2. The zero-order chi connectivity index (χ0) is 16.9. The number of halogens is 1. The lowest BCUT2D eigenvalue weighted by molar-refractivity contribution is -0.704. The highest BCUT2D eigenvalue weighted by atomic mass is 35.5. The van der Waals surface area contributed by atoms with E-state index in [-0.39, 0.29) is 16.7 Å². The highest BCUT2D eigenvalue weighted by Gasteiger charge is 2.24. The van der Waals surface area contributed by atoms with Crippen molar-refractivity contribution in [2.24, 2.45) is 0 Å². The van der Waals surface area contributed by atoms with Crippen molar-refractivity contribution in [3.05, 3.63) is 70.0 Å². The molecule has 0 radical (unpaired) electrons. The number of nitrogens with zero attached hydrogens (tertiary/aromatic N) is 1. The zero-order valence-electron chi connectivity index (χ0n) is 12.4. The van der Waals surface area contributed by atoms with Crippen molar-refractivity contribution >= 4 is 35.0 Å². The second-order valence-electron chi connectivity index (χ2n) is 4.77. The number of H-pyrrole nitrogens is 1. The van der Waals surface area contributed by atoms with Gasteiger partial charge in [0.1, 0.15) is 0 Å². The van der Waals surface area contributed by atoms with Gasteiger partial charge in [0.05, 0.1) is 16.5 Å². The van der Waals surface area contributed by atoms with Crippen LogP contribution in [0.15, 0.2) is 68.9 Å². The molecule has 0 fully saturated rings. The van der Waals surface area contributed by atoms with Gasteiger partial charge >= 0.3 is 10.7 Å². The third kappa shape index (κ3) is 3.69. The second kappa shape index (κ2) is 7.37. The van der Waals surface area contributed by atoms with Gasteiger partial charge in [0.15, 0.2) is 0 Å². The summed E-state index contributed by atoms with van der Waals surface area (Å²) in [5.74, 6) is -0.228. The van der Waals surface area contributed by atoms with Crippen molar-refractivity contribution in [1.82, 2.24) is 5.27 Å². The summed E-state index contributed by atoms with van der Waals surface area (Å²) in [6.45, 7) is 0. The summed E-state index contributed by atoms with van der Waals surface area (Å²) < 4.78 is 6.32. The number of carbonyl (C=O) groups is 1. The number of anilines is 1. The second-order valence-corrected chi connectivity index (χ2v) is 6.14. The molecular weight excluding hydrogens is 350 g/mol. The lowest BCUT2D eigenvalue weighted by Crippen LogP contribution is -2.36. The van der Waals surface area contributed by atoms with Crippen LogP contribution in [0.25, 0.3) is 5.69 Å². The van der Waals surface area contributed by atoms with E-state index in [9.17, 15) is 9.59 Å². The van der Waals surface area contributed by atoms with Crippen molar-refractivity contribution in [1.29, 1.82) is 0 Å². The molecule has 8 heteroatoms. The highest BCUT2D eigenvalue weighted by Crippen LogP contribution is 2.21. The molecule has 0 aliphatic carbocycles. The van der Waals surface area contributed by atoms with Gasteiger partial charge in [-0.05, 0) is 33.8 Å². The maximum absolute atomic E-state index is 12.1. The molecule has 0 saturated carbocycles. The highest BCUT2D eigenvalue weighted by molar-refractivity contribution is 7.99. The van der Waals surface area contributed by atoms with Gasteiger partial charge in [-0.3, -0.25) is 9.32 Å². The van der Waals surface area contributed by atoms with Crippen LogP contribution >= 0.6 is 23.4 Å². The number of carbonyl (C=O) groups excluding carboxylic acids is 1. The Kier molecular flexibility index (Phi) is 5.02. The summed E-state index contributed by atoms with van der Waals surface area (Å²) >= 11 is 7.08. The van der Waals surface area contributed by atoms with Crippen LogP contribution in [0.1, 0.15) is 0 Å². The molecule has 0 aliphatic heterocycles. The molecule has 6 nitrogen and oxygen atoms in total. The van der Waals surface area contributed by atoms with Crippen LogP contribution in [-0.4, -0.2) is 16.9 Å². The molecule has 1 heterocycles. The van der Waals surface area contributed by atoms with Gasteiger partial charge in [-0.25, -0.2) is 4.79 Å². The van der Waals surface area contributed by atoms with Gasteiger partial charge in [-0.2, -0.15) is 0 Å². The maximum atomic E-state index is 12.1. The molecule has 0 saturated heterocycles. The first-order valence-corrected chi connectivity index (χ1v) is 8.37. The smallest absolute Gasteiger partial charge is 0.324 e. The first kappa shape index (κ1) is 16.4. The topological polar surface area (TPSA) is 79.0 Å². The molecule has 3 aromatic rings. The predicted molar refractivity (Wildman–Crippen MR) is 91.7 cm³/mol. The molecule has 122 valence electrons. The Bertz CT molecular complexity index is 908. The molecule has 0 bridgehead atoms. The van der Waals surface area contributed by atoms with Crippen LogP contribution in [-0.2, 0) is 4.79 Å². The maximum Gasteiger partial charge on any atom is 0.442 e. The fraction of sp³-hybridized carbons (Fsp3) is 0.0625. The Morgan fingerprint density at radius 2 is 1.88 bits per heavy atom. The van der Waals surface area contributed by atoms with Crippen LogP contribution in [0, 0.1) is 0 Å². The molecule has 0 aliphatic rings. The minimum atomic E-state index is -0.533. The third-order valence-electron chi connectivity index (χ3n) is 3.11. The number of benzene rings is 2. The number of thioether (sulfide) groups is 1. The van der Waals surface area contributed by atoms with Gasteiger partial charge in [0.25, 0.3) is 0 Å². The van der Waals surface area contributed by atoms with Crippen molar-refractivity contribution in [3.8, 4) is 5.69 Å². The summed E-state index contributed by atoms with van der Waals surface area (Å²) in [5.41, 5.74) is 0.730. The van der Waals surface area contributed by atoms with E-state index >= 15 is 0 Å². The van der Waals surface area contributed by atoms with Crippen molar-refractivity contribution in [3.63, 3.8) is 0 Å². The first-order valence-electron chi connectivity index (χ1n) is 7.01. The quantitative estimate of drug-likeness (QED) is 0.540. The molecule has 0 unspecified atom stereocenters. The van der Waals surface area contributed by atoms with Crippen LogP contribution in [0.5, 0.6) is 0 Å². The Morgan fingerprint density at radius 1 is 1.17 bits per heavy atom. The number of amides is 1. The molecule has 0 atom stereocenters. The minimum Gasteiger partial charge on any atom is -0.324 e. The van der Waals surface area contributed by atoms with Crippen LogP contribution in [0.4, 0.5) is 5.69 Å². The molecular formula is C16H13ClN3O3S+. The molecule has 2 N–H and O–H groups in total. The van der Waals surface area contributed by atoms with E-state index in [1.807, 2.05) is 30.3 Å². The van der Waals surface area contributed by atoms with E-state index < -0.39 is 5.63 Å². The lowest BCUT2D eigenvalue weighted by Gasteiger charge is -2.05. The fourth-order valence-electron chi connectivity index (χ4n) is 2.02. The molecule has 0 spiro atoms. The monoisotopic (exact) mass is 362 g/mol. The van der Waals surface area contributed by atoms with Gasteiger partial charge in [0, 0.05) is 12.1 Å². The molecule has 2 aromatic carbocycles. The van der Waals surface area contributed by atoms with Crippen molar-refractivity contribution < 1.29 is 14.0 Å². The lowest BCUT2D eigenvalue weighted by atomic mass is 10.3. The number of hydrogen-bond acceptors (Lipinski definition) is 4. The number of nitrogens with one attached hydrogen (secondary N) is 2. The normalized spacial score (nSPS) is 10.5. The summed E-state index contributed by atoms with van der Waals surface area (Å²) in [6.07, 6.45) is 0. The Hall–Kier alpha value is -2.51. The fourth-order valence-corrected chi connectivity index (χ4v) is 2.97. The summed E-state index contributed by atoms with van der Waals surface area (Å²) in [5, 5.41) is 5.98. The van der Waals surface area contributed by atoms with Gasteiger partial charge in [-0.15, -0.1) is 0 Å². The third-order valence-corrected chi connectivity index (χ3v) is 4.47. The Labute approximate surface area is 146 Å². The van der Waals surface area contributed by atoms with Gasteiger partial charge in [-0.1, -0.05) is 41.9 Å². The van der Waals surface area contributed by atoms with Gasteiger partial charge in [0.2, 0.25) is 11.6 Å². The van der Waals surface area contributed by atoms with E-state index in [1.165, 1.54) is 4.68 Å². The van der Waals surface area contributed by atoms with E-state index in [0.29, 0.717) is 10.7 Å². The summed E-state index contributed by atoms with van der Waals surface area (Å²) in [6, 6.07) is 16.1. The van der Waals surface area contributed by atoms with Crippen molar-refractivity contribution in [2.45, 2.75) is 5.03 Å². The molecule has 1 amide bonds. The molecule has 3 rings (SSSR count). The standard InChI is InChI=1S/C16H12ClN3O3S/c17-12-8-4-5-9-13(12)18-14(21)10-24-15-16(22)23-19-20(15)11-6-2-1-3-7-11/h1-9H,10H2,(H-,18,19,21,22)/p+1. The number of rotatable bonds is 5. The SMILES string of the molecule is O=C(CSc1c(=O)o[nH][n+]1-c1ccccc1)Nc1ccccc1Cl. The molecule has 1 aromatic heterocycles. The summed E-state index contributed by atoms with van der Waals surface area (Å²) in [7, 11) is 0. The van der Waals surface area contributed by atoms with Crippen LogP contribution in [0.3, 0.4) is 0 Å². The first-order chi connectivity index (χ1) is 11.6. The van der Waals surface area contributed by atoms with E-state index in [4.69, 9.17) is 16.1 Å². The van der Waals surface area contributed by atoms with E-state index in [2.05, 4.69) is 10.6 Å². The largest absolute Gasteiger partial charge is 0.442 e. The number of aromatic amines is 1. The van der Waals surface area contributed by atoms with E-state index in [1.54, 1.807) is 24.3 Å². The zero-order valence-corrected chi connectivity index (χ0v) is 13.9. The minimum absolute atomic E-state index is 0.0423. The predicted octanol–water partition coefficient (Wildman–Crippen LogP) is 2.63. The Morgan fingerprint density at radius 3 is 2.62 bits per heavy atom. The number of aromatic nitrogens is 2. The average Bonchev–Trinajstić information content (AvgIpc) is 2.97. The number of para-hydroxylation sites is 2. The van der Waals surface area contributed by atoms with Crippen LogP contribution < -0.4 is 15.6 Å². The van der Waals surface area contributed by atoms with Crippen molar-refractivity contribution in [2.75, 3.05) is 11.1 Å². The van der Waals surface area contributed by atoms with Gasteiger partial charge < -0.3 is 5.32 Å². The van der Waals surface area contributed by atoms with E-state index in [0.717, 1.165) is 17.4 Å². The average molecular weight is 363 g/mol. The Balaban J connectivity index is 1.71. The summed E-state index contributed by atoms with van der Waals surface area (Å²) in [4.78, 5) is 23.9. The van der Waals surface area contributed by atoms with Crippen LogP contribution in [0.2, 0.25) is 5.02 Å². The molecule has 24 heavy (non-hydrogen) atoms.